The van der Waals surface area contributed by atoms with Gasteiger partial charge in [-0.15, -0.1) is 22.1 Å². The van der Waals surface area contributed by atoms with E-state index in [0.29, 0.717) is 0 Å². The zero-order valence-corrected chi connectivity index (χ0v) is 27.8. The number of hydrogen-bond donors (Lipinski definition) is 0. The average molecular weight is 675 g/mol. The van der Waals surface area contributed by atoms with Crippen molar-refractivity contribution in [2.75, 3.05) is 0 Å². The van der Waals surface area contributed by atoms with Crippen LogP contribution in [0.4, 0.5) is 0 Å². The number of aryl methyl sites for hydroxylation is 4. The summed E-state index contributed by atoms with van der Waals surface area (Å²) in [4.78, 5) is 21.6. The fourth-order valence-electron chi connectivity index (χ4n) is 7.30. The number of rotatable bonds is 4. The van der Waals surface area contributed by atoms with Gasteiger partial charge in [0.2, 0.25) is 0 Å². The van der Waals surface area contributed by atoms with Crippen molar-refractivity contribution in [1.29, 1.82) is 0 Å². The van der Waals surface area contributed by atoms with Gasteiger partial charge >= 0.3 is 16.5 Å². The van der Waals surface area contributed by atoms with Crippen LogP contribution in [-0.2, 0) is 42.2 Å². The van der Waals surface area contributed by atoms with Crippen molar-refractivity contribution in [1.82, 2.24) is 19.9 Å². The Morgan fingerprint density at radius 1 is 0.306 bits per heavy atom. The molecule has 0 spiro atoms. The molecule has 238 valence electrons. The standard InChI is InChI=1S/C44H32N4.Ni/c1-5-13-29(14-6-1)41-33-21-23-35(45-33)42(30-15-7-2-8-16-30)37-25-27-39(47-37)44(32-19-11-4-12-20-32)40-28-26-38(48-40)43(31-17-9-3-10-18-31)36-24-22-34(41)46-36;/h1-21,23,26,28H,22,24-25,27H2;/q-2;+2. The molecule has 8 bridgehead atoms. The minimum absolute atomic E-state index is 0. The molecular weight excluding hydrogens is 643 g/mol. The molecule has 7 aromatic rings. The predicted molar refractivity (Wildman–Crippen MR) is 195 cm³/mol. The predicted octanol–water partition coefficient (Wildman–Crippen LogP) is 9.81. The molecule has 0 atom stereocenters. The first-order chi connectivity index (χ1) is 23.8. The SMILES string of the molecule is [Ni+2].c1ccc(-c2c3nc(c(-c4ccccc4)c4ccc([n-]4)c(-c4ccccc4)c4nc(c(-c5ccccc5)c5ccc2[n-]5)CC4)CC3)cc1. The minimum Gasteiger partial charge on any atom is -0.657 e. The molecule has 5 heteroatoms. The third-order valence-corrected chi connectivity index (χ3v) is 9.45. The van der Waals surface area contributed by atoms with Gasteiger partial charge in [-0.2, -0.15) is 0 Å². The van der Waals surface area contributed by atoms with Crippen LogP contribution in [0.15, 0.2) is 146 Å². The van der Waals surface area contributed by atoms with Crippen LogP contribution in [0.3, 0.4) is 0 Å². The Labute approximate surface area is 295 Å². The molecule has 0 amide bonds. The second kappa shape index (κ2) is 13.2. The van der Waals surface area contributed by atoms with Crippen LogP contribution >= 0.6 is 0 Å². The quantitative estimate of drug-likeness (QED) is 0.174. The summed E-state index contributed by atoms with van der Waals surface area (Å²) in [6.45, 7) is 0. The fourth-order valence-corrected chi connectivity index (χ4v) is 7.30. The Morgan fingerprint density at radius 2 is 0.531 bits per heavy atom. The third-order valence-electron chi connectivity index (χ3n) is 9.45. The topological polar surface area (TPSA) is 54.0 Å². The van der Waals surface area contributed by atoms with Crippen LogP contribution in [0, 0.1) is 0 Å². The maximum absolute atomic E-state index is 5.43. The molecule has 0 fully saturated rings. The molecule has 2 aliphatic rings. The van der Waals surface area contributed by atoms with E-state index in [4.69, 9.17) is 19.9 Å². The number of aromatic nitrogens is 4. The molecule has 9 rings (SSSR count). The second-order valence-corrected chi connectivity index (χ2v) is 12.4. The van der Waals surface area contributed by atoms with E-state index in [1.54, 1.807) is 0 Å². The summed E-state index contributed by atoms with van der Waals surface area (Å²) in [7, 11) is 0. The Kier molecular flexibility index (Phi) is 8.29. The Bertz CT molecular complexity index is 2090. The first kappa shape index (κ1) is 30.8. The maximum atomic E-state index is 5.43. The van der Waals surface area contributed by atoms with Gasteiger partial charge in [0.25, 0.3) is 0 Å². The second-order valence-electron chi connectivity index (χ2n) is 12.4. The van der Waals surface area contributed by atoms with Crippen molar-refractivity contribution in [3.05, 3.63) is 168 Å². The molecular formula is C44H32N4Ni. The van der Waals surface area contributed by atoms with Crippen molar-refractivity contribution >= 4 is 22.1 Å². The molecule has 0 saturated heterocycles. The minimum atomic E-state index is 0. The molecule has 4 nitrogen and oxygen atoms in total. The summed E-state index contributed by atoms with van der Waals surface area (Å²) < 4.78 is 0. The van der Waals surface area contributed by atoms with Crippen LogP contribution < -0.4 is 9.97 Å². The normalized spacial score (nSPS) is 12.4. The van der Waals surface area contributed by atoms with Gasteiger partial charge in [0.15, 0.2) is 0 Å². The molecule has 0 saturated carbocycles. The first-order valence-electron chi connectivity index (χ1n) is 16.7. The Morgan fingerprint density at radius 3 is 0.755 bits per heavy atom. The molecule has 5 heterocycles. The van der Waals surface area contributed by atoms with Gasteiger partial charge in [-0.3, -0.25) is 9.97 Å². The Balaban J connectivity index is 0.00000348. The summed E-state index contributed by atoms with van der Waals surface area (Å²) in [6.07, 6.45) is 3.31. The molecule has 0 aliphatic carbocycles. The van der Waals surface area contributed by atoms with Gasteiger partial charge in [0.1, 0.15) is 0 Å². The summed E-state index contributed by atoms with van der Waals surface area (Å²) in [6, 6.07) is 51.0. The largest absolute Gasteiger partial charge is 2.00 e. The van der Waals surface area contributed by atoms with Gasteiger partial charge in [-0.05, 0) is 70.2 Å². The van der Waals surface area contributed by atoms with E-state index in [-0.39, 0.29) is 16.5 Å². The van der Waals surface area contributed by atoms with E-state index in [0.717, 1.165) is 115 Å². The number of nitrogens with zero attached hydrogens (tertiary/aromatic N) is 4. The van der Waals surface area contributed by atoms with Gasteiger partial charge in [-0.1, -0.05) is 146 Å². The number of benzene rings is 4. The number of fused-ring (bicyclic) bond motifs is 8. The first-order valence-corrected chi connectivity index (χ1v) is 16.7. The number of hydrogen-bond acceptors (Lipinski definition) is 2. The van der Waals surface area contributed by atoms with Gasteiger partial charge in [-0.25, -0.2) is 0 Å². The van der Waals surface area contributed by atoms with E-state index < -0.39 is 0 Å². The van der Waals surface area contributed by atoms with Gasteiger partial charge < -0.3 is 9.97 Å². The van der Waals surface area contributed by atoms with Crippen molar-refractivity contribution < 1.29 is 16.5 Å². The molecule has 0 radical (unpaired) electrons. The van der Waals surface area contributed by atoms with E-state index >= 15 is 0 Å². The van der Waals surface area contributed by atoms with E-state index in [2.05, 4.69) is 146 Å². The fraction of sp³-hybridized carbons (Fsp3) is 0.0909. The summed E-state index contributed by atoms with van der Waals surface area (Å²) in [5.74, 6) is 0. The summed E-state index contributed by atoms with van der Waals surface area (Å²) in [5.41, 5.74) is 16.8. The molecule has 0 unspecified atom stereocenters. The van der Waals surface area contributed by atoms with Crippen LogP contribution in [-0.4, -0.2) is 9.97 Å². The zero-order chi connectivity index (χ0) is 31.9. The molecule has 4 aromatic carbocycles. The van der Waals surface area contributed by atoms with Crippen molar-refractivity contribution in [2.45, 2.75) is 25.7 Å². The third kappa shape index (κ3) is 5.71. The van der Waals surface area contributed by atoms with E-state index in [1.165, 1.54) is 0 Å². The monoisotopic (exact) mass is 674 g/mol. The van der Waals surface area contributed by atoms with Crippen molar-refractivity contribution in [2.24, 2.45) is 0 Å². The van der Waals surface area contributed by atoms with Gasteiger partial charge in [0.05, 0.1) is 0 Å². The summed E-state index contributed by atoms with van der Waals surface area (Å²) >= 11 is 0. The molecule has 2 aliphatic heterocycles. The average Bonchev–Trinajstić information content (AvgIpc) is 3.98. The van der Waals surface area contributed by atoms with Crippen LogP contribution in [0.5, 0.6) is 0 Å². The van der Waals surface area contributed by atoms with E-state index in [1.807, 2.05) is 0 Å². The molecule has 49 heavy (non-hydrogen) atoms. The smallest absolute Gasteiger partial charge is 0.657 e. The Hall–Kier alpha value is -5.51. The van der Waals surface area contributed by atoms with Gasteiger partial charge in [0, 0.05) is 22.8 Å². The van der Waals surface area contributed by atoms with E-state index in [9.17, 15) is 0 Å². The van der Waals surface area contributed by atoms with Crippen LogP contribution in [0.25, 0.3) is 66.6 Å². The van der Waals surface area contributed by atoms with Crippen molar-refractivity contribution in [3.63, 3.8) is 0 Å². The van der Waals surface area contributed by atoms with Crippen molar-refractivity contribution in [3.8, 4) is 44.5 Å². The van der Waals surface area contributed by atoms with Crippen LogP contribution in [0.1, 0.15) is 22.8 Å². The van der Waals surface area contributed by atoms with Crippen LogP contribution in [0.2, 0.25) is 0 Å². The summed E-state index contributed by atoms with van der Waals surface area (Å²) in [5, 5.41) is 0. The molecule has 0 N–H and O–H groups in total. The maximum Gasteiger partial charge on any atom is 2.00 e. The zero-order valence-electron chi connectivity index (χ0n) is 26.8. The molecule has 3 aromatic heterocycles.